The second-order valence-electron chi connectivity index (χ2n) is 6.65. The SMILES string of the molecule is CCCCCCCCCCCCc1nc(C)c2snnc2c1C. The average molecular weight is 334 g/mol. The first kappa shape index (κ1) is 18.3. The normalized spacial score (nSPS) is 11.4. The first-order valence-electron chi connectivity index (χ1n) is 9.32. The molecule has 0 fully saturated rings. The summed E-state index contributed by atoms with van der Waals surface area (Å²) in [7, 11) is 0. The Morgan fingerprint density at radius 2 is 1.43 bits per heavy atom. The number of rotatable bonds is 11. The van der Waals surface area contributed by atoms with Crippen LogP contribution in [0.2, 0.25) is 0 Å². The molecule has 0 spiro atoms. The number of nitrogens with zero attached hydrogens (tertiary/aromatic N) is 3. The number of fused-ring (bicyclic) bond motifs is 1. The second-order valence-corrected chi connectivity index (χ2v) is 7.41. The van der Waals surface area contributed by atoms with Crippen molar-refractivity contribution in [1.82, 2.24) is 14.6 Å². The van der Waals surface area contributed by atoms with Crippen LogP contribution in [0.25, 0.3) is 10.2 Å². The molecule has 2 aromatic rings. The summed E-state index contributed by atoms with van der Waals surface area (Å²) < 4.78 is 5.22. The lowest BCUT2D eigenvalue weighted by Crippen LogP contribution is -1.98. The Balaban J connectivity index is 1.64. The minimum Gasteiger partial charge on any atom is -0.256 e. The van der Waals surface area contributed by atoms with E-state index in [1.54, 1.807) is 0 Å². The Hall–Kier alpha value is -1.03. The van der Waals surface area contributed by atoms with E-state index in [1.807, 2.05) is 0 Å². The van der Waals surface area contributed by atoms with Crippen molar-refractivity contribution in [3.63, 3.8) is 0 Å². The topological polar surface area (TPSA) is 38.7 Å². The fraction of sp³-hybridized carbons (Fsp3) is 0.737. The fourth-order valence-corrected chi connectivity index (χ4v) is 3.83. The summed E-state index contributed by atoms with van der Waals surface area (Å²) in [6.07, 6.45) is 14.8. The smallest absolute Gasteiger partial charge is 0.112 e. The second kappa shape index (κ2) is 9.96. The Morgan fingerprint density at radius 3 is 2.09 bits per heavy atom. The molecule has 4 heteroatoms. The van der Waals surface area contributed by atoms with Gasteiger partial charge >= 0.3 is 0 Å². The molecule has 0 amide bonds. The van der Waals surface area contributed by atoms with Crippen molar-refractivity contribution >= 4 is 21.7 Å². The highest BCUT2D eigenvalue weighted by atomic mass is 32.1. The van der Waals surface area contributed by atoms with E-state index in [1.165, 1.54) is 87.0 Å². The maximum absolute atomic E-state index is 4.78. The molecule has 0 unspecified atom stereocenters. The van der Waals surface area contributed by atoms with Gasteiger partial charge in [-0.1, -0.05) is 69.2 Å². The fourth-order valence-electron chi connectivity index (χ4n) is 3.17. The van der Waals surface area contributed by atoms with Crippen LogP contribution in [0.3, 0.4) is 0 Å². The van der Waals surface area contributed by atoms with Gasteiger partial charge in [0, 0.05) is 5.69 Å². The summed E-state index contributed by atoms with van der Waals surface area (Å²) in [5, 5.41) is 4.27. The number of unbranched alkanes of at least 4 members (excludes halogenated alkanes) is 9. The molecule has 0 aromatic carbocycles. The van der Waals surface area contributed by atoms with Crippen LogP contribution in [-0.2, 0) is 6.42 Å². The number of aromatic nitrogens is 3. The van der Waals surface area contributed by atoms with Crippen LogP contribution in [0.15, 0.2) is 0 Å². The largest absolute Gasteiger partial charge is 0.256 e. The molecule has 2 aromatic heterocycles. The van der Waals surface area contributed by atoms with Crippen LogP contribution in [0.4, 0.5) is 0 Å². The molecule has 0 bridgehead atoms. The summed E-state index contributed by atoms with van der Waals surface area (Å²) in [6.45, 7) is 6.49. The number of hydrogen-bond donors (Lipinski definition) is 0. The lowest BCUT2D eigenvalue weighted by atomic mass is 10.0. The van der Waals surface area contributed by atoms with E-state index in [4.69, 9.17) is 4.98 Å². The van der Waals surface area contributed by atoms with Gasteiger partial charge in [0.15, 0.2) is 0 Å². The maximum atomic E-state index is 4.78. The van der Waals surface area contributed by atoms with Gasteiger partial charge in [0.05, 0.1) is 10.4 Å². The van der Waals surface area contributed by atoms with Gasteiger partial charge in [0.2, 0.25) is 0 Å². The standard InChI is InChI=1S/C19H31N3S/c1-4-5-6-7-8-9-10-11-12-13-14-17-15(2)18-19(16(3)20-17)23-22-21-18/h4-14H2,1-3H3. The average Bonchev–Trinajstić information content (AvgIpc) is 3.04. The first-order chi connectivity index (χ1) is 11.2. The van der Waals surface area contributed by atoms with Crippen LogP contribution in [-0.4, -0.2) is 14.6 Å². The monoisotopic (exact) mass is 333 g/mol. The molecule has 0 aliphatic rings. The Morgan fingerprint density at radius 1 is 0.826 bits per heavy atom. The lowest BCUT2D eigenvalue weighted by Gasteiger charge is -2.07. The highest BCUT2D eigenvalue weighted by Gasteiger charge is 2.11. The van der Waals surface area contributed by atoms with Crippen LogP contribution in [0.5, 0.6) is 0 Å². The Bertz CT molecular complexity index is 592. The number of hydrogen-bond acceptors (Lipinski definition) is 4. The van der Waals surface area contributed by atoms with Crippen molar-refractivity contribution in [1.29, 1.82) is 0 Å². The molecule has 2 heterocycles. The quantitative estimate of drug-likeness (QED) is 0.462. The van der Waals surface area contributed by atoms with Crippen molar-refractivity contribution in [3.8, 4) is 0 Å². The van der Waals surface area contributed by atoms with E-state index in [2.05, 4.69) is 30.4 Å². The van der Waals surface area contributed by atoms with Gasteiger partial charge in [-0.15, -0.1) is 5.10 Å². The summed E-state index contributed by atoms with van der Waals surface area (Å²) in [4.78, 5) is 4.78. The zero-order valence-corrected chi connectivity index (χ0v) is 15.8. The highest BCUT2D eigenvalue weighted by Crippen LogP contribution is 2.25. The predicted octanol–water partition coefficient (Wildman–Crippen LogP) is 6.17. The van der Waals surface area contributed by atoms with Crippen LogP contribution >= 0.6 is 11.5 Å². The van der Waals surface area contributed by atoms with Crippen molar-refractivity contribution in [2.75, 3.05) is 0 Å². The molecule has 0 aliphatic carbocycles. The van der Waals surface area contributed by atoms with Gasteiger partial charge in [-0.05, 0) is 43.8 Å². The van der Waals surface area contributed by atoms with Gasteiger partial charge < -0.3 is 0 Å². The van der Waals surface area contributed by atoms with Crippen molar-refractivity contribution in [2.24, 2.45) is 0 Å². The van der Waals surface area contributed by atoms with E-state index >= 15 is 0 Å². The summed E-state index contributed by atoms with van der Waals surface area (Å²) in [5.41, 5.74) is 4.60. The molecule has 128 valence electrons. The van der Waals surface area contributed by atoms with E-state index in [-0.39, 0.29) is 0 Å². The van der Waals surface area contributed by atoms with Gasteiger partial charge in [-0.25, -0.2) is 0 Å². The maximum Gasteiger partial charge on any atom is 0.112 e. The minimum absolute atomic E-state index is 1.06. The molecule has 23 heavy (non-hydrogen) atoms. The summed E-state index contributed by atoms with van der Waals surface area (Å²) in [5.74, 6) is 0. The molecule has 2 rings (SSSR count). The zero-order valence-electron chi connectivity index (χ0n) is 15.0. The number of aryl methyl sites for hydroxylation is 3. The lowest BCUT2D eigenvalue weighted by molar-refractivity contribution is 0.555. The van der Waals surface area contributed by atoms with Gasteiger partial charge in [0.25, 0.3) is 0 Å². The zero-order chi connectivity index (χ0) is 16.5. The van der Waals surface area contributed by atoms with Crippen LogP contribution in [0, 0.1) is 13.8 Å². The van der Waals surface area contributed by atoms with Crippen molar-refractivity contribution in [2.45, 2.75) is 91.4 Å². The molecule has 0 saturated carbocycles. The summed E-state index contributed by atoms with van der Waals surface area (Å²) >= 11 is 1.46. The number of pyridine rings is 1. The Labute approximate surface area is 145 Å². The van der Waals surface area contributed by atoms with Gasteiger partial charge in [-0.3, -0.25) is 4.98 Å². The van der Waals surface area contributed by atoms with E-state index in [9.17, 15) is 0 Å². The first-order valence-corrected chi connectivity index (χ1v) is 10.1. The molecule has 0 atom stereocenters. The third kappa shape index (κ3) is 5.52. The third-order valence-corrected chi connectivity index (χ3v) is 5.51. The molecule has 0 radical (unpaired) electrons. The predicted molar refractivity (Wildman–Crippen MR) is 100 cm³/mol. The molecular weight excluding hydrogens is 302 g/mol. The third-order valence-electron chi connectivity index (χ3n) is 4.67. The van der Waals surface area contributed by atoms with Crippen molar-refractivity contribution < 1.29 is 0 Å². The highest BCUT2D eigenvalue weighted by molar-refractivity contribution is 7.13. The molecule has 0 N–H and O–H groups in total. The molecule has 0 aliphatic heterocycles. The van der Waals surface area contributed by atoms with Gasteiger partial charge in [-0.2, -0.15) is 0 Å². The Kier molecular flexibility index (Phi) is 7.93. The molecule has 3 nitrogen and oxygen atoms in total. The van der Waals surface area contributed by atoms with Crippen LogP contribution < -0.4 is 0 Å². The minimum atomic E-state index is 1.06. The molecular formula is C19H31N3S. The molecule has 0 saturated heterocycles. The van der Waals surface area contributed by atoms with Crippen LogP contribution in [0.1, 0.15) is 88.1 Å². The van der Waals surface area contributed by atoms with Crippen molar-refractivity contribution in [3.05, 3.63) is 17.0 Å². The van der Waals surface area contributed by atoms with E-state index < -0.39 is 0 Å². The van der Waals surface area contributed by atoms with E-state index in [0.717, 1.165) is 22.3 Å². The van der Waals surface area contributed by atoms with E-state index in [0.29, 0.717) is 0 Å². The summed E-state index contributed by atoms with van der Waals surface area (Å²) in [6, 6.07) is 0. The van der Waals surface area contributed by atoms with Gasteiger partial charge in [0.1, 0.15) is 5.52 Å².